The highest BCUT2D eigenvalue weighted by Gasteiger charge is 2.10. The Morgan fingerprint density at radius 2 is 1.71 bits per heavy atom. The number of benzene rings is 1. The van der Waals surface area contributed by atoms with E-state index in [0.29, 0.717) is 0 Å². The summed E-state index contributed by atoms with van der Waals surface area (Å²) in [7, 11) is 3.17. The lowest BCUT2D eigenvalue weighted by molar-refractivity contribution is -0.106. The monoisotopic (exact) mass is 196 g/mol. The summed E-state index contributed by atoms with van der Waals surface area (Å²) < 4.78 is 10.2. The fourth-order valence-electron chi connectivity index (χ4n) is 1.33. The number of hydrogen-bond acceptors (Lipinski definition) is 3. The lowest BCUT2D eigenvalue weighted by atomic mass is 10.1. The summed E-state index contributed by atoms with van der Waals surface area (Å²) in [6.45, 7) is 1.73. The van der Waals surface area contributed by atoms with E-state index in [9.17, 15) is 5.11 Å². The second-order valence-corrected chi connectivity index (χ2v) is 3.15. The second-order valence-electron chi connectivity index (χ2n) is 3.15. The van der Waals surface area contributed by atoms with Crippen LogP contribution >= 0.6 is 0 Å². The van der Waals surface area contributed by atoms with Crippen LogP contribution in [0, 0.1) is 0 Å². The van der Waals surface area contributed by atoms with Gasteiger partial charge in [-0.25, -0.2) is 0 Å². The zero-order valence-corrected chi connectivity index (χ0v) is 8.73. The second kappa shape index (κ2) is 5.10. The predicted molar refractivity (Wildman–Crippen MR) is 53.8 cm³/mol. The lowest BCUT2D eigenvalue weighted by Gasteiger charge is -2.15. The zero-order valence-electron chi connectivity index (χ0n) is 8.73. The van der Waals surface area contributed by atoms with Crippen molar-refractivity contribution >= 4 is 0 Å². The summed E-state index contributed by atoms with van der Waals surface area (Å²) in [5.74, 6) is 0. The molecule has 0 saturated carbocycles. The molecule has 0 aliphatic rings. The highest BCUT2D eigenvalue weighted by molar-refractivity contribution is 5.25. The molecule has 1 rings (SSSR count). The molecule has 78 valence electrons. The maximum absolute atomic E-state index is 9.39. The SMILES string of the molecule is COC(OC)c1cccc(C(C)O)c1. The van der Waals surface area contributed by atoms with Gasteiger partial charge in [-0.15, -0.1) is 0 Å². The highest BCUT2D eigenvalue weighted by Crippen LogP contribution is 2.21. The van der Waals surface area contributed by atoms with Gasteiger partial charge < -0.3 is 14.6 Å². The van der Waals surface area contributed by atoms with Crippen molar-refractivity contribution in [1.29, 1.82) is 0 Å². The van der Waals surface area contributed by atoms with Gasteiger partial charge in [-0.2, -0.15) is 0 Å². The van der Waals surface area contributed by atoms with Gasteiger partial charge in [-0.1, -0.05) is 18.2 Å². The van der Waals surface area contributed by atoms with Crippen molar-refractivity contribution in [2.24, 2.45) is 0 Å². The van der Waals surface area contributed by atoms with Gasteiger partial charge in [0.15, 0.2) is 6.29 Å². The van der Waals surface area contributed by atoms with Gasteiger partial charge in [0, 0.05) is 19.8 Å². The fourth-order valence-corrected chi connectivity index (χ4v) is 1.33. The quantitative estimate of drug-likeness (QED) is 0.749. The Morgan fingerprint density at radius 1 is 1.14 bits per heavy atom. The van der Waals surface area contributed by atoms with Crippen LogP contribution in [0.2, 0.25) is 0 Å². The van der Waals surface area contributed by atoms with Crippen molar-refractivity contribution in [1.82, 2.24) is 0 Å². The van der Waals surface area contributed by atoms with Crippen LogP contribution in [0.15, 0.2) is 24.3 Å². The highest BCUT2D eigenvalue weighted by atomic mass is 16.7. The molecule has 1 unspecified atom stereocenters. The molecule has 0 aliphatic carbocycles. The normalized spacial score (nSPS) is 13.2. The molecule has 0 radical (unpaired) electrons. The molecule has 1 N–H and O–H groups in total. The molecule has 0 bridgehead atoms. The third kappa shape index (κ3) is 2.54. The van der Waals surface area contributed by atoms with E-state index >= 15 is 0 Å². The topological polar surface area (TPSA) is 38.7 Å². The van der Waals surface area contributed by atoms with Gasteiger partial charge in [-0.3, -0.25) is 0 Å². The van der Waals surface area contributed by atoms with Crippen molar-refractivity contribution in [2.75, 3.05) is 14.2 Å². The molecule has 0 aliphatic heterocycles. The fraction of sp³-hybridized carbons (Fsp3) is 0.455. The van der Waals surface area contributed by atoms with Crippen molar-refractivity contribution in [2.45, 2.75) is 19.3 Å². The Hall–Kier alpha value is -0.900. The predicted octanol–water partition coefficient (Wildman–Crippen LogP) is 2.03. The van der Waals surface area contributed by atoms with E-state index in [2.05, 4.69) is 0 Å². The number of rotatable bonds is 4. The Balaban J connectivity index is 2.92. The molecule has 0 heterocycles. The van der Waals surface area contributed by atoms with Crippen LogP contribution in [-0.2, 0) is 9.47 Å². The minimum absolute atomic E-state index is 0.367. The van der Waals surface area contributed by atoms with Crippen molar-refractivity contribution in [3.05, 3.63) is 35.4 Å². The van der Waals surface area contributed by atoms with E-state index in [4.69, 9.17) is 9.47 Å². The van der Waals surface area contributed by atoms with Crippen molar-refractivity contribution in [3.63, 3.8) is 0 Å². The molecule has 0 saturated heterocycles. The van der Waals surface area contributed by atoms with Crippen LogP contribution in [0.3, 0.4) is 0 Å². The first-order valence-electron chi connectivity index (χ1n) is 4.52. The van der Waals surface area contributed by atoms with E-state index in [0.717, 1.165) is 11.1 Å². The van der Waals surface area contributed by atoms with Gasteiger partial charge >= 0.3 is 0 Å². The first-order valence-corrected chi connectivity index (χ1v) is 4.52. The van der Waals surface area contributed by atoms with E-state index in [1.165, 1.54) is 0 Å². The first-order chi connectivity index (χ1) is 6.69. The van der Waals surface area contributed by atoms with Crippen molar-refractivity contribution < 1.29 is 14.6 Å². The van der Waals surface area contributed by atoms with Gasteiger partial charge in [0.1, 0.15) is 0 Å². The maximum Gasteiger partial charge on any atom is 0.183 e. The first kappa shape index (κ1) is 11.2. The maximum atomic E-state index is 9.39. The van der Waals surface area contributed by atoms with Gasteiger partial charge in [0.25, 0.3) is 0 Å². The standard InChI is InChI=1S/C11H16O3/c1-8(12)9-5-4-6-10(7-9)11(13-2)14-3/h4-8,11-12H,1-3H3. The van der Waals surface area contributed by atoms with E-state index in [1.54, 1.807) is 21.1 Å². The van der Waals surface area contributed by atoms with Crippen LogP contribution in [0.5, 0.6) is 0 Å². The summed E-state index contributed by atoms with van der Waals surface area (Å²) in [6.07, 6.45) is -0.835. The zero-order chi connectivity index (χ0) is 10.6. The largest absolute Gasteiger partial charge is 0.389 e. The third-order valence-electron chi connectivity index (χ3n) is 2.09. The van der Waals surface area contributed by atoms with E-state index in [1.807, 2.05) is 24.3 Å². The molecule has 3 nitrogen and oxygen atoms in total. The molecule has 1 atom stereocenters. The Morgan fingerprint density at radius 3 is 2.21 bits per heavy atom. The summed E-state index contributed by atoms with van der Waals surface area (Å²) >= 11 is 0. The number of hydrogen-bond donors (Lipinski definition) is 1. The Bertz CT molecular complexity index is 280. The average molecular weight is 196 g/mol. The van der Waals surface area contributed by atoms with Crippen LogP contribution in [-0.4, -0.2) is 19.3 Å². The van der Waals surface area contributed by atoms with Crippen LogP contribution in [0.4, 0.5) is 0 Å². The molecule has 0 fully saturated rings. The molecule has 1 aromatic rings. The van der Waals surface area contributed by atoms with Crippen LogP contribution in [0.1, 0.15) is 30.4 Å². The minimum atomic E-state index is -0.468. The number of aliphatic hydroxyl groups excluding tert-OH is 1. The summed E-state index contributed by atoms with van der Waals surface area (Å²) in [5.41, 5.74) is 1.77. The molecule has 14 heavy (non-hydrogen) atoms. The van der Waals surface area contributed by atoms with Gasteiger partial charge in [0.2, 0.25) is 0 Å². The smallest absolute Gasteiger partial charge is 0.183 e. The number of aliphatic hydroxyl groups is 1. The minimum Gasteiger partial charge on any atom is -0.389 e. The van der Waals surface area contributed by atoms with Crippen molar-refractivity contribution in [3.8, 4) is 0 Å². The Kier molecular flexibility index (Phi) is 4.07. The van der Waals surface area contributed by atoms with E-state index < -0.39 is 6.10 Å². The molecule has 0 spiro atoms. The summed E-state index contributed by atoms with van der Waals surface area (Å²) in [4.78, 5) is 0. The molecule has 0 aromatic heterocycles. The summed E-state index contributed by atoms with van der Waals surface area (Å²) in [6, 6.07) is 7.53. The van der Waals surface area contributed by atoms with Crippen LogP contribution in [0.25, 0.3) is 0 Å². The Labute approximate surface area is 84.3 Å². The summed E-state index contributed by atoms with van der Waals surface area (Å²) in [5, 5.41) is 9.39. The molecule has 0 amide bonds. The molecular formula is C11H16O3. The lowest BCUT2D eigenvalue weighted by Crippen LogP contribution is -2.04. The van der Waals surface area contributed by atoms with Gasteiger partial charge in [-0.05, 0) is 18.6 Å². The average Bonchev–Trinajstić information content (AvgIpc) is 2.20. The van der Waals surface area contributed by atoms with E-state index in [-0.39, 0.29) is 6.29 Å². The molecule has 1 aromatic carbocycles. The molecular weight excluding hydrogens is 180 g/mol. The van der Waals surface area contributed by atoms with Crippen LogP contribution < -0.4 is 0 Å². The third-order valence-corrected chi connectivity index (χ3v) is 2.09. The van der Waals surface area contributed by atoms with Gasteiger partial charge in [0.05, 0.1) is 6.10 Å². The number of methoxy groups -OCH3 is 2. The number of ether oxygens (including phenoxy) is 2. The molecule has 3 heteroatoms.